The van der Waals surface area contributed by atoms with Crippen LogP contribution in [0.5, 0.6) is 0 Å². The minimum Gasteiger partial charge on any atom is -0.378 e. The molecule has 0 radical (unpaired) electrons. The zero-order chi connectivity index (χ0) is 11.0. The minimum atomic E-state index is 0.366. The first kappa shape index (κ1) is 9.85. The average molecular weight is 216 g/mol. The predicted octanol–water partition coefficient (Wildman–Crippen LogP) is 2.36. The monoisotopic (exact) mass is 216 g/mol. The van der Waals surface area contributed by atoms with Gasteiger partial charge < -0.3 is 9.14 Å². The van der Waals surface area contributed by atoms with Crippen molar-refractivity contribution in [3.05, 3.63) is 35.9 Å². The van der Waals surface area contributed by atoms with E-state index in [1.807, 2.05) is 6.20 Å². The molecule has 0 saturated carbocycles. The fourth-order valence-electron chi connectivity index (χ4n) is 2.44. The van der Waals surface area contributed by atoms with Crippen molar-refractivity contribution >= 4 is 5.52 Å². The molecule has 1 aliphatic rings. The molecule has 2 aromatic rings. The van der Waals surface area contributed by atoms with Crippen LogP contribution in [-0.2, 0) is 11.2 Å². The number of hydrogen-bond acceptors (Lipinski definition) is 2. The molecule has 3 nitrogen and oxygen atoms in total. The molecular weight excluding hydrogens is 200 g/mol. The van der Waals surface area contributed by atoms with Crippen LogP contribution in [0.25, 0.3) is 5.52 Å². The molecule has 16 heavy (non-hydrogen) atoms. The van der Waals surface area contributed by atoms with Gasteiger partial charge in [-0.1, -0.05) is 6.07 Å². The van der Waals surface area contributed by atoms with Gasteiger partial charge in [-0.15, -0.1) is 0 Å². The van der Waals surface area contributed by atoms with E-state index in [1.54, 1.807) is 0 Å². The van der Waals surface area contributed by atoms with Crippen LogP contribution in [0.15, 0.2) is 24.4 Å². The van der Waals surface area contributed by atoms with E-state index in [0.29, 0.717) is 6.10 Å². The molecule has 0 bridgehead atoms. The van der Waals surface area contributed by atoms with E-state index in [1.165, 1.54) is 24.1 Å². The Kier molecular flexibility index (Phi) is 2.40. The van der Waals surface area contributed by atoms with Crippen LogP contribution >= 0.6 is 0 Å². The van der Waals surface area contributed by atoms with Crippen LogP contribution in [0.3, 0.4) is 0 Å². The highest BCUT2D eigenvalue weighted by Gasteiger charge is 2.18. The molecule has 1 fully saturated rings. The summed E-state index contributed by atoms with van der Waals surface area (Å²) in [5.41, 5.74) is 2.41. The third kappa shape index (κ3) is 1.61. The van der Waals surface area contributed by atoms with Crippen LogP contribution < -0.4 is 0 Å². The Morgan fingerprint density at radius 3 is 3.25 bits per heavy atom. The SMILES string of the molecule is Cc1cccc2cnc(CC3CCCO3)n12. The second-order valence-electron chi connectivity index (χ2n) is 4.44. The maximum absolute atomic E-state index is 5.66. The lowest BCUT2D eigenvalue weighted by Gasteiger charge is -2.09. The third-order valence-electron chi connectivity index (χ3n) is 3.25. The van der Waals surface area contributed by atoms with Crippen LogP contribution in [0.4, 0.5) is 0 Å². The van der Waals surface area contributed by atoms with Gasteiger partial charge in [-0.25, -0.2) is 4.98 Å². The van der Waals surface area contributed by atoms with E-state index in [4.69, 9.17) is 4.74 Å². The van der Waals surface area contributed by atoms with Crippen LogP contribution in [-0.4, -0.2) is 22.1 Å². The van der Waals surface area contributed by atoms with Crippen molar-refractivity contribution in [3.63, 3.8) is 0 Å². The molecule has 1 aliphatic heterocycles. The van der Waals surface area contributed by atoms with Gasteiger partial charge in [0.25, 0.3) is 0 Å². The molecule has 0 aromatic carbocycles. The van der Waals surface area contributed by atoms with Crippen LogP contribution in [0.1, 0.15) is 24.4 Å². The number of nitrogens with zero attached hydrogens (tertiary/aromatic N) is 2. The van der Waals surface area contributed by atoms with Gasteiger partial charge in [-0.3, -0.25) is 0 Å². The highest BCUT2D eigenvalue weighted by molar-refractivity contribution is 5.47. The molecule has 3 rings (SSSR count). The fraction of sp³-hybridized carbons (Fsp3) is 0.462. The zero-order valence-electron chi connectivity index (χ0n) is 9.52. The first-order valence-electron chi connectivity index (χ1n) is 5.88. The maximum atomic E-state index is 5.66. The summed E-state index contributed by atoms with van der Waals surface area (Å²) in [6, 6.07) is 6.29. The standard InChI is InChI=1S/C13H16N2O/c1-10-4-2-5-11-9-14-13(15(10)11)8-12-6-3-7-16-12/h2,4-5,9,12H,3,6-8H2,1H3. The van der Waals surface area contributed by atoms with Crippen molar-refractivity contribution in [2.75, 3.05) is 6.61 Å². The van der Waals surface area contributed by atoms with Gasteiger partial charge in [0.05, 0.1) is 17.8 Å². The summed E-state index contributed by atoms with van der Waals surface area (Å²) >= 11 is 0. The lowest BCUT2D eigenvalue weighted by molar-refractivity contribution is 0.109. The molecule has 3 heterocycles. The number of rotatable bonds is 2. The second kappa shape index (κ2) is 3.91. The Morgan fingerprint density at radius 2 is 2.44 bits per heavy atom. The fourth-order valence-corrected chi connectivity index (χ4v) is 2.44. The van der Waals surface area contributed by atoms with E-state index in [2.05, 4.69) is 34.5 Å². The van der Waals surface area contributed by atoms with Gasteiger partial charge in [0, 0.05) is 18.7 Å². The molecule has 1 unspecified atom stereocenters. The van der Waals surface area contributed by atoms with Gasteiger partial charge in [-0.2, -0.15) is 0 Å². The van der Waals surface area contributed by atoms with Gasteiger partial charge in [0.15, 0.2) is 0 Å². The lowest BCUT2D eigenvalue weighted by atomic mass is 10.2. The number of aromatic nitrogens is 2. The van der Waals surface area contributed by atoms with Crippen molar-refractivity contribution < 1.29 is 4.74 Å². The Hall–Kier alpha value is -1.35. The van der Waals surface area contributed by atoms with Crippen molar-refractivity contribution in [1.82, 2.24) is 9.38 Å². The molecular formula is C13H16N2O. The average Bonchev–Trinajstić information content (AvgIpc) is 2.90. The van der Waals surface area contributed by atoms with Crippen LogP contribution in [0.2, 0.25) is 0 Å². The quantitative estimate of drug-likeness (QED) is 0.770. The summed E-state index contributed by atoms with van der Waals surface area (Å²) in [4.78, 5) is 4.50. The summed E-state index contributed by atoms with van der Waals surface area (Å²) in [6.07, 6.45) is 5.59. The highest BCUT2D eigenvalue weighted by Crippen LogP contribution is 2.18. The van der Waals surface area contributed by atoms with E-state index in [-0.39, 0.29) is 0 Å². The van der Waals surface area contributed by atoms with Crippen molar-refractivity contribution in [1.29, 1.82) is 0 Å². The normalized spacial score (nSPS) is 20.7. The van der Waals surface area contributed by atoms with E-state index >= 15 is 0 Å². The molecule has 0 aliphatic carbocycles. The topological polar surface area (TPSA) is 26.5 Å². The van der Waals surface area contributed by atoms with Crippen molar-refractivity contribution in [2.45, 2.75) is 32.3 Å². The number of ether oxygens (including phenoxy) is 1. The van der Waals surface area contributed by atoms with Crippen molar-refractivity contribution in [2.24, 2.45) is 0 Å². The molecule has 0 amide bonds. The van der Waals surface area contributed by atoms with Gasteiger partial charge in [0.1, 0.15) is 5.82 Å². The number of fused-ring (bicyclic) bond motifs is 1. The second-order valence-corrected chi connectivity index (χ2v) is 4.44. The summed E-state index contributed by atoms with van der Waals surface area (Å²) in [5, 5.41) is 0. The Balaban J connectivity index is 1.97. The lowest BCUT2D eigenvalue weighted by Crippen LogP contribution is -2.12. The van der Waals surface area contributed by atoms with Gasteiger partial charge >= 0.3 is 0 Å². The number of pyridine rings is 1. The summed E-state index contributed by atoms with van der Waals surface area (Å²) < 4.78 is 7.89. The molecule has 3 heteroatoms. The zero-order valence-corrected chi connectivity index (χ0v) is 9.52. The summed E-state index contributed by atoms with van der Waals surface area (Å²) in [5.74, 6) is 1.13. The summed E-state index contributed by atoms with van der Waals surface area (Å²) in [7, 11) is 0. The largest absolute Gasteiger partial charge is 0.378 e. The smallest absolute Gasteiger partial charge is 0.116 e. The Morgan fingerprint density at radius 1 is 1.50 bits per heavy atom. The highest BCUT2D eigenvalue weighted by atomic mass is 16.5. The van der Waals surface area contributed by atoms with E-state index < -0.39 is 0 Å². The van der Waals surface area contributed by atoms with Crippen molar-refractivity contribution in [3.8, 4) is 0 Å². The first-order valence-corrected chi connectivity index (χ1v) is 5.88. The first-order chi connectivity index (χ1) is 7.84. The molecule has 0 spiro atoms. The van der Waals surface area contributed by atoms with E-state index in [0.717, 1.165) is 18.9 Å². The van der Waals surface area contributed by atoms with Gasteiger partial charge in [-0.05, 0) is 31.9 Å². The predicted molar refractivity (Wildman–Crippen MR) is 62.6 cm³/mol. The number of imidazole rings is 1. The molecule has 2 aromatic heterocycles. The van der Waals surface area contributed by atoms with Gasteiger partial charge in [0.2, 0.25) is 0 Å². The Bertz CT molecular complexity index is 498. The minimum absolute atomic E-state index is 0.366. The van der Waals surface area contributed by atoms with Crippen LogP contribution in [0, 0.1) is 6.92 Å². The molecule has 1 saturated heterocycles. The number of hydrogen-bond donors (Lipinski definition) is 0. The molecule has 84 valence electrons. The third-order valence-corrected chi connectivity index (χ3v) is 3.25. The molecule has 0 N–H and O–H groups in total. The van der Waals surface area contributed by atoms with E-state index in [9.17, 15) is 0 Å². The Labute approximate surface area is 95.1 Å². The number of aryl methyl sites for hydroxylation is 1. The maximum Gasteiger partial charge on any atom is 0.116 e. The molecule has 1 atom stereocenters. The summed E-state index contributed by atoms with van der Waals surface area (Å²) in [6.45, 7) is 3.03.